The Labute approximate surface area is 615 Å². The summed E-state index contributed by atoms with van der Waals surface area (Å²) in [6.07, 6.45) is -5.29. The van der Waals surface area contributed by atoms with Gasteiger partial charge in [-0.25, -0.2) is 50.7 Å². The zero-order valence-corrected chi connectivity index (χ0v) is 76.7. The summed E-state index contributed by atoms with van der Waals surface area (Å²) in [5.41, 5.74) is 3.67. The Kier molecular flexibility index (Phi) is 41.1. The van der Waals surface area contributed by atoms with Crippen LogP contribution >= 0.6 is 195 Å². The average Bonchev–Trinajstić information content (AvgIpc) is 1.60. The van der Waals surface area contributed by atoms with Gasteiger partial charge in [0.1, 0.15) is 46.8 Å². The number of nitrogens with one attached hydrogen (secondary N) is 2. The highest BCUT2D eigenvalue weighted by molar-refractivity contribution is 9.22. The maximum atomic E-state index is 14.3. The van der Waals surface area contributed by atoms with Crippen molar-refractivity contribution in [1.29, 1.82) is 0 Å². The minimum Gasteiger partial charge on any atom is -0.519 e. The highest BCUT2D eigenvalue weighted by atomic mass is 33.3. The van der Waals surface area contributed by atoms with E-state index in [9.17, 15) is 56.5 Å². The fraction of sp³-hybridized carbons (Fsp3) is 0.652. The lowest BCUT2D eigenvalue weighted by molar-refractivity contribution is -0.245. The van der Waals surface area contributed by atoms with E-state index in [2.05, 4.69) is 145 Å². The summed E-state index contributed by atoms with van der Waals surface area (Å²) in [7, 11) is 44.1. The summed E-state index contributed by atoms with van der Waals surface area (Å²) in [6, 6.07) is 5.12. The van der Waals surface area contributed by atoms with Crippen LogP contribution in [0.2, 0.25) is 0 Å². The number of aliphatic hydroxyl groups is 2. The monoisotopic (exact) mass is 1840 g/mol. The Bertz CT molecular complexity index is 3470. The predicted molar refractivity (Wildman–Crippen MR) is 457 cm³/mol. The van der Waals surface area contributed by atoms with Gasteiger partial charge < -0.3 is 81.6 Å². The molecule has 11 rings (SSSR count). The van der Waals surface area contributed by atoms with Crippen molar-refractivity contribution in [2.24, 2.45) is 5.92 Å². The lowest BCUT2D eigenvalue weighted by atomic mass is 9.86. The van der Waals surface area contributed by atoms with Crippen LogP contribution < -0.4 is 45.3 Å². The van der Waals surface area contributed by atoms with Crippen molar-refractivity contribution in [3.05, 3.63) is 112 Å². The molecule has 0 radical (unpaired) electrons. The van der Waals surface area contributed by atoms with E-state index in [0.29, 0.717) is 32.5 Å². The molecule has 14 unspecified atom stereocenters. The summed E-state index contributed by atoms with van der Waals surface area (Å²) in [4.78, 5) is 79.8. The number of aromatic nitrogens is 8. The standard InChI is InChI=1S/C12H17FN2O4.C11H14FN3O3.C11H13FN2O4.C10H12FN3O4.2CH4.H13P12.H12P12/c1-3-12(6-16)7(2)9(13)10(19-12)15-5-4-8(17)14-11(15)18;1-2-11-5-17-8(11)7(12)9(18-11)15-4-3-6(13)14-10(15)16;1-2-11-5-17-8(11)7(12)9(18-11)14-4-3-6(15)13-10(14)16;11-6-7-10(3-15,4-17-7)18-8(6)14-2-1-5(12)13-9(14)16;;;2*1-8(2)11(7)12(9(3)4)10(5)6/h4-5,7,9-10,16H,3,6H2,1-2H3,(H,14,17,18);3-4,7-9H,2,5H2,1H3,(H2,13,14,16);3-4,7-9H,2,5H2,1H3,(H,13,15,16);1-2,6-8,15H,3-4H2,(H2,12,13,16);2*1H4;7H,1-6H2;1,7H,2-6H2/q;;;;;;-1;-2/t7-,9+,10+,12-;2*7-,8+,9-,11+;6-,7+,8-,10+;;;;/m0111..../s1. The fourth-order valence-electron chi connectivity index (χ4n) is 10.6. The van der Waals surface area contributed by atoms with E-state index in [1.54, 1.807) is 13.8 Å². The van der Waals surface area contributed by atoms with Gasteiger partial charge in [-0.1, -0.05) is 49.5 Å². The summed E-state index contributed by atoms with van der Waals surface area (Å²) >= 11 is 0. The van der Waals surface area contributed by atoms with Crippen molar-refractivity contribution in [1.82, 2.24) is 38.2 Å². The molecule has 7 fully saturated rings. The van der Waals surface area contributed by atoms with E-state index in [0.717, 1.165) is 30.4 Å². The van der Waals surface area contributed by atoms with Gasteiger partial charge in [0, 0.05) is 42.8 Å². The number of alkyl halides is 4. The van der Waals surface area contributed by atoms with Crippen molar-refractivity contribution in [2.45, 2.75) is 152 Å². The van der Waals surface area contributed by atoms with E-state index in [4.69, 9.17) is 44.6 Å². The Hall–Kier alpha value is 4.40. The first kappa shape index (κ1) is 95.8. The van der Waals surface area contributed by atoms with E-state index < -0.39 is 130 Å². The van der Waals surface area contributed by atoms with Crippen molar-refractivity contribution >= 4 is 207 Å². The molecule has 7 saturated heterocycles. The predicted octanol–water partition coefficient (Wildman–Crippen LogP) is 14.4. The van der Waals surface area contributed by atoms with Crippen LogP contribution in [0, 0.1) is 5.92 Å². The number of hydrogen-bond acceptors (Lipinski definition) is 19. The zero-order valence-electron chi connectivity index (χ0n) is 52.1. The number of fused-ring (bicyclic) bond motifs is 3. The van der Waals surface area contributed by atoms with E-state index >= 15 is 0 Å². The number of aliphatic hydroxyl groups excluding tert-OH is 2. The minimum atomic E-state index is -1.53. The molecule has 0 aromatic carbocycles. The van der Waals surface area contributed by atoms with Crippen molar-refractivity contribution in [2.75, 3.05) is 44.5 Å². The zero-order chi connectivity index (χ0) is 72.7. The van der Waals surface area contributed by atoms with Crippen LogP contribution in [-0.4, -0.2) is 147 Å². The molecule has 11 heterocycles. The second-order valence-corrected chi connectivity index (χ2v) is 109. The first-order valence-electron chi connectivity index (χ1n) is 28.4. The number of ether oxygens (including phenoxy) is 7. The molecule has 0 saturated carbocycles. The van der Waals surface area contributed by atoms with Crippen molar-refractivity contribution in [3.63, 3.8) is 0 Å². The SMILES string of the molecule is C.C.CC[C@@]1(CO)O[C@@H](n2ccc(=O)[nH]c2=O)[C@H](F)[C@@H]1C.CC[C@]12CO[C@H]1[C@@H](F)[C@H](n1ccc(=O)[nH]c1=O)O2.CC[C@]12CO[C@H]1[C@@H](F)[C@H](n1ccc(N)nc1=O)O2.Nc1ccn([C@@H]2O[C@@]3(CO)CO[C@H]3[C@H]2F)c(=O)n1.[PH-]P(P(P)P)P(P(P)P)P(P)P.[PH-]P(P)P([PH-])P(P(P)P)P(P)P. The van der Waals surface area contributed by atoms with Crippen molar-refractivity contribution in [3.8, 4) is 0 Å². The Morgan fingerprint density at radius 2 is 0.848 bits per heavy atom. The van der Waals surface area contributed by atoms with Gasteiger partial charge in [-0.3, -0.25) is 44.8 Å². The number of aromatic amines is 2. The molecule has 25 nitrogen and oxygen atoms in total. The quantitative estimate of drug-likeness (QED) is 0.0422. The third kappa shape index (κ3) is 22.7. The van der Waals surface area contributed by atoms with Gasteiger partial charge in [-0.2, -0.15) is 9.97 Å². The van der Waals surface area contributed by atoms with Crippen LogP contribution in [0.3, 0.4) is 0 Å². The molecule has 8 N–H and O–H groups in total. The molecule has 7 aliphatic heterocycles. The van der Waals surface area contributed by atoms with Gasteiger partial charge in [-0.15, -0.1) is 98.2 Å². The van der Waals surface area contributed by atoms with Crippen LogP contribution in [0.5, 0.6) is 0 Å². The highest BCUT2D eigenvalue weighted by Crippen LogP contribution is 3.17. The topological polar surface area (TPSA) is 337 Å². The maximum absolute atomic E-state index is 14.3. The highest BCUT2D eigenvalue weighted by Gasteiger charge is 2.65. The summed E-state index contributed by atoms with van der Waals surface area (Å²) in [5, 5.41) is 18.7. The number of halogens is 4. The number of nitrogens with zero attached hydrogens (tertiary/aromatic N) is 6. The molecular formula is C46H89F4N10O15P24-3. The number of nitrogens with two attached hydrogens (primary N) is 2. The fourth-order valence-corrected chi connectivity index (χ4v) is 206. The van der Waals surface area contributed by atoms with E-state index in [1.807, 2.05) is 13.8 Å². The third-order valence-electron chi connectivity index (χ3n) is 16.2. The van der Waals surface area contributed by atoms with Crippen LogP contribution in [-0.2, 0) is 33.2 Å². The van der Waals surface area contributed by atoms with Crippen LogP contribution in [0.4, 0.5) is 29.2 Å². The van der Waals surface area contributed by atoms with Gasteiger partial charge in [0.05, 0.1) is 38.6 Å². The van der Waals surface area contributed by atoms with Gasteiger partial charge in [0.25, 0.3) is 11.1 Å². The average molecular weight is 1840 g/mol. The molecule has 0 bridgehead atoms. The molecule has 0 aliphatic carbocycles. The van der Waals surface area contributed by atoms with Crippen LogP contribution in [0.15, 0.2) is 77.8 Å². The number of H-pyrrole nitrogens is 2. The van der Waals surface area contributed by atoms with Crippen molar-refractivity contribution < 1.29 is 60.9 Å². The molecule has 7 aliphatic rings. The molecule has 0 amide bonds. The molecule has 30 atom stereocenters. The molecular weight excluding hydrogens is 1750 g/mol. The van der Waals surface area contributed by atoms with Gasteiger partial charge in [-0.05, 0) is 73.3 Å². The van der Waals surface area contributed by atoms with Crippen LogP contribution in [0.1, 0.15) is 86.7 Å². The van der Waals surface area contributed by atoms with E-state index in [-0.39, 0.29) is 116 Å². The number of nitrogen functional groups attached to an aromatic ring is 2. The lowest BCUT2D eigenvalue weighted by Crippen LogP contribution is -2.60. The minimum absolute atomic E-state index is 0. The van der Waals surface area contributed by atoms with Gasteiger partial charge in [0.2, 0.25) is 0 Å². The summed E-state index contributed by atoms with van der Waals surface area (Å²) in [6.45, 7) is 8.01. The smallest absolute Gasteiger partial charge is 0.351 e. The number of anilines is 2. The largest absolute Gasteiger partial charge is 0.519 e. The Morgan fingerprint density at radius 3 is 1.08 bits per heavy atom. The molecule has 4 aromatic rings. The first-order chi connectivity index (χ1) is 45.4. The molecule has 0 spiro atoms. The third-order valence-corrected chi connectivity index (χ3v) is 143. The maximum Gasteiger partial charge on any atom is 0.351 e. The molecule has 99 heavy (non-hydrogen) atoms. The Morgan fingerprint density at radius 1 is 0.515 bits per heavy atom. The van der Waals surface area contributed by atoms with Gasteiger partial charge in [0.15, 0.2) is 49.6 Å². The molecule has 53 heteroatoms. The second-order valence-electron chi connectivity index (χ2n) is 21.9. The molecule has 564 valence electrons. The number of rotatable bonds is 17. The Balaban J connectivity index is 0.000000254. The normalized spacial score (nSPS) is 31.5. The lowest BCUT2D eigenvalue weighted by Gasteiger charge is -2.45. The summed E-state index contributed by atoms with van der Waals surface area (Å²) in [5.74, 6) is -0.388. The first-order valence-corrected chi connectivity index (χ1v) is 69.3. The second kappa shape index (κ2) is 42.5. The van der Waals surface area contributed by atoms with Gasteiger partial charge >= 0.3 is 22.8 Å². The number of hydrogen-bond donors (Lipinski definition) is 6. The molecule has 4 aromatic heterocycles. The van der Waals surface area contributed by atoms with E-state index in [1.165, 1.54) is 36.9 Å². The summed E-state index contributed by atoms with van der Waals surface area (Å²) < 4.78 is 98.9. The van der Waals surface area contributed by atoms with Crippen LogP contribution in [0.25, 0.3) is 0 Å².